The molecule has 1 saturated heterocycles. The molecule has 3 rings (SSSR count). The lowest BCUT2D eigenvalue weighted by Crippen LogP contribution is -2.58. The summed E-state index contributed by atoms with van der Waals surface area (Å²) in [7, 11) is 0. The summed E-state index contributed by atoms with van der Waals surface area (Å²) >= 11 is 1.58. The molecule has 4 atom stereocenters. The molecule has 1 aliphatic rings. The second kappa shape index (κ2) is 11.4. The molecule has 2 aromatic rings. The molecule has 1 aromatic carbocycles. The number of aliphatic hydroxyl groups excluding tert-OH is 1. The topological polar surface area (TPSA) is 121 Å². The highest BCUT2D eigenvalue weighted by molar-refractivity contribution is 7.13. The molecular formula is C28H40N4O5S. The molecular weight excluding hydrogens is 504 g/mol. The second-order valence-electron chi connectivity index (χ2n) is 12.0. The van der Waals surface area contributed by atoms with Gasteiger partial charge in [-0.3, -0.25) is 9.59 Å². The third-order valence-electron chi connectivity index (χ3n) is 6.42. The maximum absolute atomic E-state index is 13.6. The number of amides is 3. The number of thiazole rings is 1. The van der Waals surface area contributed by atoms with E-state index in [4.69, 9.17) is 4.74 Å². The first-order valence-corrected chi connectivity index (χ1v) is 13.7. The number of aliphatic hydroxyl groups is 1. The highest BCUT2D eigenvalue weighted by atomic mass is 32.1. The number of aromatic nitrogens is 1. The maximum atomic E-state index is 13.6. The number of nitrogens with zero attached hydrogens (tertiary/aromatic N) is 2. The molecule has 208 valence electrons. The normalized spacial score (nSPS) is 19.6. The number of carbonyl (C=O) groups is 3. The Labute approximate surface area is 229 Å². The van der Waals surface area contributed by atoms with Crippen molar-refractivity contribution in [3.63, 3.8) is 0 Å². The molecule has 0 bridgehead atoms. The van der Waals surface area contributed by atoms with Gasteiger partial charge in [0, 0.05) is 13.0 Å². The number of β-amino-alcohol motifs (C(OH)–C–C–N with tert-alkyl or cyclic N) is 1. The Hall–Kier alpha value is -2.98. The van der Waals surface area contributed by atoms with Crippen molar-refractivity contribution < 1.29 is 24.2 Å². The van der Waals surface area contributed by atoms with Gasteiger partial charge in [-0.15, -0.1) is 11.3 Å². The van der Waals surface area contributed by atoms with E-state index in [0.29, 0.717) is 0 Å². The Kier molecular flexibility index (Phi) is 8.88. The average molecular weight is 545 g/mol. The van der Waals surface area contributed by atoms with Gasteiger partial charge in [-0.1, -0.05) is 45.0 Å². The molecule has 0 radical (unpaired) electrons. The summed E-state index contributed by atoms with van der Waals surface area (Å²) in [5.41, 5.74) is 3.39. The Morgan fingerprint density at radius 1 is 1.11 bits per heavy atom. The van der Waals surface area contributed by atoms with E-state index in [-0.39, 0.29) is 24.9 Å². The van der Waals surface area contributed by atoms with Gasteiger partial charge in [-0.25, -0.2) is 9.78 Å². The number of rotatable bonds is 6. The van der Waals surface area contributed by atoms with Gasteiger partial charge in [-0.2, -0.15) is 0 Å². The van der Waals surface area contributed by atoms with E-state index >= 15 is 0 Å². The van der Waals surface area contributed by atoms with E-state index in [2.05, 4.69) is 15.6 Å². The number of aryl methyl sites for hydroxylation is 1. The highest BCUT2D eigenvalue weighted by Gasteiger charge is 2.45. The van der Waals surface area contributed by atoms with Crippen molar-refractivity contribution in [2.75, 3.05) is 6.54 Å². The predicted molar refractivity (Wildman–Crippen MR) is 148 cm³/mol. The standard InChI is InChI=1S/C28H40N4O5S/c1-16(18-9-11-19(12-10-18)22-17(2)29-15-38-22)30-24(34)21-13-20(33)14-32(21)25(35)23(27(3,4)5)31-26(36)37-28(6,7)8/h9-12,15-16,20-21,23,33H,13-14H2,1-8H3,(H,30,34)(H,31,36)/t16-,20-,21-,23+/m0/s1. The van der Waals surface area contributed by atoms with Gasteiger partial charge in [0.2, 0.25) is 11.8 Å². The zero-order chi connectivity index (χ0) is 28.4. The van der Waals surface area contributed by atoms with Gasteiger partial charge in [0.25, 0.3) is 0 Å². The van der Waals surface area contributed by atoms with Crippen molar-refractivity contribution in [3.8, 4) is 10.4 Å². The van der Waals surface area contributed by atoms with Crippen molar-refractivity contribution >= 4 is 29.2 Å². The van der Waals surface area contributed by atoms with Crippen LogP contribution in [0.3, 0.4) is 0 Å². The number of likely N-dealkylation sites (tertiary alicyclic amines) is 1. The van der Waals surface area contributed by atoms with Crippen LogP contribution in [-0.2, 0) is 14.3 Å². The van der Waals surface area contributed by atoms with Crippen LogP contribution in [0.15, 0.2) is 29.8 Å². The minimum Gasteiger partial charge on any atom is -0.444 e. The fraction of sp³-hybridized carbons (Fsp3) is 0.571. The van der Waals surface area contributed by atoms with Crippen molar-refractivity contribution in [2.45, 2.75) is 91.6 Å². The van der Waals surface area contributed by atoms with Crippen molar-refractivity contribution in [3.05, 3.63) is 41.0 Å². The molecule has 3 N–H and O–H groups in total. The van der Waals surface area contributed by atoms with Crippen LogP contribution in [0.2, 0.25) is 0 Å². The molecule has 1 fully saturated rings. The lowest BCUT2D eigenvalue weighted by Gasteiger charge is -2.35. The number of ether oxygens (including phenoxy) is 1. The number of hydrogen-bond donors (Lipinski definition) is 3. The summed E-state index contributed by atoms with van der Waals surface area (Å²) in [4.78, 5) is 46.3. The third-order valence-corrected chi connectivity index (χ3v) is 7.39. The number of hydrogen-bond acceptors (Lipinski definition) is 7. The fourth-order valence-corrected chi connectivity index (χ4v) is 5.25. The highest BCUT2D eigenvalue weighted by Crippen LogP contribution is 2.29. The molecule has 3 amide bonds. The predicted octanol–water partition coefficient (Wildman–Crippen LogP) is 4.20. The smallest absolute Gasteiger partial charge is 0.408 e. The largest absolute Gasteiger partial charge is 0.444 e. The third kappa shape index (κ3) is 7.32. The Bertz CT molecular complexity index is 1150. The SMILES string of the molecule is Cc1ncsc1-c1ccc([C@H](C)NC(=O)[C@@H]2C[C@H](O)CN2C(=O)[C@@H](NC(=O)OC(C)(C)C)C(C)(C)C)cc1. The Morgan fingerprint density at radius 2 is 1.74 bits per heavy atom. The minimum absolute atomic E-state index is 0.0107. The van der Waals surface area contributed by atoms with Crippen molar-refractivity contribution in [1.82, 2.24) is 20.5 Å². The molecule has 38 heavy (non-hydrogen) atoms. The van der Waals surface area contributed by atoms with E-state index in [1.165, 1.54) is 4.90 Å². The van der Waals surface area contributed by atoms with E-state index in [9.17, 15) is 19.5 Å². The number of alkyl carbamates (subject to hydrolysis) is 1. The summed E-state index contributed by atoms with van der Waals surface area (Å²) in [6.45, 7) is 14.6. The lowest BCUT2D eigenvalue weighted by atomic mass is 9.85. The van der Waals surface area contributed by atoms with E-state index in [1.807, 2.05) is 64.4 Å². The molecule has 2 heterocycles. The molecule has 0 saturated carbocycles. The van der Waals surface area contributed by atoms with Crippen LogP contribution in [0, 0.1) is 12.3 Å². The Balaban J connectivity index is 1.72. The van der Waals surface area contributed by atoms with Crippen LogP contribution < -0.4 is 10.6 Å². The van der Waals surface area contributed by atoms with Crippen LogP contribution in [-0.4, -0.2) is 63.2 Å². The summed E-state index contributed by atoms with van der Waals surface area (Å²) in [6.07, 6.45) is -1.43. The number of benzene rings is 1. The van der Waals surface area contributed by atoms with Crippen molar-refractivity contribution in [2.24, 2.45) is 5.41 Å². The first-order valence-electron chi connectivity index (χ1n) is 12.9. The molecule has 1 aromatic heterocycles. The summed E-state index contributed by atoms with van der Waals surface area (Å²) < 4.78 is 5.36. The maximum Gasteiger partial charge on any atom is 0.408 e. The molecule has 0 unspecified atom stereocenters. The van der Waals surface area contributed by atoms with Crippen LogP contribution in [0.4, 0.5) is 4.79 Å². The van der Waals surface area contributed by atoms with E-state index in [0.717, 1.165) is 21.7 Å². The van der Waals surface area contributed by atoms with Gasteiger partial charge in [0.05, 0.1) is 28.2 Å². The molecule has 0 aliphatic carbocycles. The van der Waals surface area contributed by atoms with Gasteiger partial charge in [0.15, 0.2) is 0 Å². The zero-order valence-corrected chi connectivity index (χ0v) is 24.3. The zero-order valence-electron chi connectivity index (χ0n) is 23.5. The number of carbonyl (C=O) groups excluding carboxylic acids is 3. The molecule has 0 spiro atoms. The first kappa shape index (κ1) is 29.6. The number of nitrogens with one attached hydrogen (secondary N) is 2. The quantitative estimate of drug-likeness (QED) is 0.501. The van der Waals surface area contributed by atoms with E-state index < -0.39 is 41.2 Å². The van der Waals surface area contributed by atoms with Gasteiger partial charge < -0.3 is 25.4 Å². The summed E-state index contributed by atoms with van der Waals surface area (Å²) in [5.74, 6) is -0.785. The van der Waals surface area contributed by atoms with E-state index in [1.54, 1.807) is 32.1 Å². The summed E-state index contributed by atoms with van der Waals surface area (Å²) in [6, 6.07) is 5.82. The van der Waals surface area contributed by atoms with Crippen molar-refractivity contribution in [1.29, 1.82) is 0 Å². The first-order chi connectivity index (χ1) is 17.6. The minimum atomic E-state index is -0.946. The monoisotopic (exact) mass is 544 g/mol. The van der Waals surface area contributed by atoms with Gasteiger partial charge in [-0.05, 0) is 51.2 Å². The van der Waals surface area contributed by atoms with Crippen LogP contribution >= 0.6 is 11.3 Å². The summed E-state index contributed by atoms with van der Waals surface area (Å²) in [5, 5.41) is 16.1. The van der Waals surface area contributed by atoms with Crippen LogP contribution in [0.25, 0.3) is 10.4 Å². The molecule has 10 heteroatoms. The van der Waals surface area contributed by atoms with Crippen LogP contribution in [0.5, 0.6) is 0 Å². The fourth-order valence-electron chi connectivity index (χ4n) is 4.44. The lowest BCUT2D eigenvalue weighted by molar-refractivity contribution is -0.142. The molecule has 9 nitrogen and oxygen atoms in total. The van der Waals surface area contributed by atoms with Gasteiger partial charge in [0.1, 0.15) is 17.7 Å². The molecule has 1 aliphatic heterocycles. The van der Waals surface area contributed by atoms with Gasteiger partial charge >= 0.3 is 6.09 Å². The average Bonchev–Trinajstić information content (AvgIpc) is 3.40. The Morgan fingerprint density at radius 3 is 2.26 bits per heavy atom. The van der Waals surface area contributed by atoms with Crippen LogP contribution in [0.1, 0.15) is 72.2 Å². The second-order valence-corrected chi connectivity index (χ2v) is 12.8.